The van der Waals surface area contributed by atoms with E-state index in [9.17, 15) is 31.6 Å². The van der Waals surface area contributed by atoms with E-state index in [1.807, 2.05) is 6.92 Å². The number of halogens is 2. The average Bonchev–Trinajstić information content (AvgIpc) is 3.48. The third-order valence-corrected chi connectivity index (χ3v) is 14.8. The lowest BCUT2D eigenvalue weighted by molar-refractivity contribution is -0.203. The molecule has 52 heavy (non-hydrogen) atoms. The van der Waals surface area contributed by atoms with Crippen molar-refractivity contribution in [1.82, 2.24) is 0 Å². The Morgan fingerprint density at radius 1 is 0.788 bits per heavy atom. The summed E-state index contributed by atoms with van der Waals surface area (Å²) in [6.45, 7) is 3.82. The minimum absolute atomic E-state index is 0.162. The highest BCUT2D eigenvalue weighted by Crippen LogP contribution is 2.53. The Morgan fingerprint density at radius 2 is 1.38 bits per heavy atom. The van der Waals surface area contributed by atoms with Crippen molar-refractivity contribution in [2.75, 3.05) is 13.2 Å². The Labute approximate surface area is 305 Å². The molecule has 12 atom stereocenters. The van der Waals surface area contributed by atoms with Crippen molar-refractivity contribution in [3.8, 4) is 0 Å². The van der Waals surface area contributed by atoms with Crippen molar-refractivity contribution < 1.29 is 59.8 Å². The molecule has 0 aromatic carbocycles. The predicted molar refractivity (Wildman–Crippen MR) is 181 cm³/mol. The van der Waals surface area contributed by atoms with Crippen LogP contribution >= 0.6 is 0 Å². The van der Waals surface area contributed by atoms with Gasteiger partial charge in [0.05, 0.1) is 10.8 Å². The van der Waals surface area contributed by atoms with Gasteiger partial charge in [0.2, 0.25) is 0 Å². The fourth-order valence-electron chi connectivity index (χ4n) is 11.9. The number of hydrogen-bond donors (Lipinski definition) is 1. The SMILES string of the molecule is CC1CC2CCCC(C(=O)OCC3OC(C4CC5CCCC(C5)C4OC(=O)C(F)(F)S(=O)(=O)O)OC3COC(=O)C3(C)CC4CCCC(C4)C3)(C1)C2. The molecular weight excluding hydrogens is 702 g/mol. The van der Waals surface area contributed by atoms with Gasteiger partial charge in [0, 0.05) is 5.92 Å². The van der Waals surface area contributed by atoms with E-state index < -0.39 is 62.7 Å². The Balaban J connectivity index is 1.09. The molecule has 7 rings (SSSR count). The van der Waals surface area contributed by atoms with Gasteiger partial charge < -0.3 is 23.7 Å². The fourth-order valence-corrected chi connectivity index (χ4v) is 12.2. The van der Waals surface area contributed by atoms with E-state index >= 15 is 0 Å². The molecule has 6 aliphatic carbocycles. The minimum atomic E-state index is -6.06. The molecule has 0 spiro atoms. The zero-order valence-electron chi connectivity index (χ0n) is 30.5. The summed E-state index contributed by atoms with van der Waals surface area (Å²) in [6.07, 6.45) is 10.9. The summed E-state index contributed by atoms with van der Waals surface area (Å²) in [5, 5.41) is -5.14. The molecular formula is C38H56F2O11S. The molecule has 0 radical (unpaired) electrons. The van der Waals surface area contributed by atoms with Gasteiger partial charge in [-0.25, -0.2) is 4.79 Å². The summed E-state index contributed by atoms with van der Waals surface area (Å²) in [5.41, 5.74) is -1.17. The summed E-state index contributed by atoms with van der Waals surface area (Å²) < 4.78 is 90.9. The first-order chi connectivity index (χ1) is 24.5. The van der Waals surface area contributed by atoms with Gasteiger partial charge in [-0.05, 0) is 107 Å². The molecule has 7 aliphatic rings. The highest BCUT2D eigenvalue weighted by molar-refractivity contribution is 7.87. The molecule has 11 nitrogen and oxygen atoms in total. The molecule has 7 fully saturated rings. The van der Waals surface area contributed by atoms with E-state index in [4.69, 9.17) is 28.2 Å². The summed E-state index contributed by atoms with van der Waals surface area (Å²) >= 11 is 0. The van der Waals surface area contributed by atoms with Crippen molar-refractivity contribution in [2.45, 2.75) is 153 Å². The molecule has 0 amide bonds. The molecule has 6 bridgehead atoms. The van der Waals surface area contributed by atoms with Gasteiger partial charge in [-0.15, -0.1) is 0 Å². The van der Waals surface area contributed by atoms with E-state index in [-0.39, 0.29) is 37.0 Å². The van der Waals surface area contributed by atoms with Crippen LogP contribution in [-0.2, 0) is 48.2 Å². The molecule has 1 saturated heterocycles. The van der Waals surface area contributed by atoms with Crippen molar-refractivity contribution >= 4 is 28.0 Å². The largest absolute Gasteiger partial charge is 0.465 e. The number of fused-ring (bicyclic) bond motifs is 6. The number of carbonyl (C=O) groups excluding carboxylic acids is 3. The van der Waals surface area contributed by atoms with Crippen molar-refractivity contribution in [2.24, 2.45) is 52.3 Å². The first-order valence-corrected chi connectivity index (χ1v) is 21.2. The zero-order chi connectivity index (χ0) is 37.1. The molecule has 14 heteroatoms. The van der Waals surface area contributed by atoms with Crippen LogP contribution in [0.1, 0.15) is 123 Å². The second-order valence-electron chi connectivity index (χ2n) is 18.1. The zero-order valence-corrected chi connectivity index (χ0v) is 31.3. The van der Waals surface area contributed by atoms with Crippen molar-refractivity contribution in [1.29, 1.82) is 0 Å². The molecule has 12 unspecified atom stereocenters. The van der Waals surface area contributed by atoms with Crippen LogP contribution in [0.15, 0.2) is 0 Å². The van der Waals surface area contributed by atoms with E-state index in [1.165, 1.54) is 6.42 Å². The standard InChI is InChI=1S/C38H56F2O11S/c1-22-12-24-9-5-11-37(16-22,19-24)34(42)48-21-30-29(20-47-33(41)36(2)17-25-7-3-8-26(13-25)18-36)49-32(50-30)28-15-23-6-4-10-27(14-23)31(28)51-35(43)38(39,40)52(44,45)46/h22-32H,3-21H2,1-2H3,(H,44,45,46). The van der Waals surface area contributed by atoms with E-state index in [2.05, 4.69) is 6.92 Å². The van der Waals surface area contributed by atoms with Gasteiger partial charge in [0.1, 0.15) is 31.5 Å². The van der Waals surface area contributed by atoms with Crippen LogP contribution in [0, 0.1) is 52.3 Å². The quantitative estimate of drug-likeness (QED) is 0.146. The smallest absolute Gasteiger partial charge is 0.462 e. The molecule has 1 aliphatic heterocycles. The van der Waals surface area contributed by atoms with E-state index in [0.717, 1.165) is 83.5 Å². The van der Waals surface area contributed by atoms with Crippen molar-refractivity contribution in [3.05, 3.63) is 0 Å². The van der Waals surface area contributed by atoms with E-state index in [0.29, 0.717) is 42.9 Å². The fraction of sp³-hybridized carbons (Fsp3) is 0.921. The molecule has 1 heterocycles. The van der Waals surface area contributed by atoms with Gasteiger partial charge in [0.15, 0.2) is 6.29 Å². The Kier molecular flexibility index (Phi) is 10.8. The highest BCUT2D eigenvalue weighted by Gasteiger charge is 2.58. The van der Waals surface area contributed by atoms with Gasteiger partial charge in [-0.2, -0.15) is 17.2 Å². The van der Waals surface area contributed by atoms with Gasteiger partial charge >= 0.3 is 33.3 Å². The minimum Gasteiger partial charge on any atom is -0.462 e. The summed E-state index contributed by atoms with van der Waals surface area (Å²) in [6, 6.07) is 0. The number of esters is 3. The molecule has 6 saturated carbocycles. The third kappa shape index (κ3) is 7.65. The number of ether oxygens (including phenoxy) is 5. The maximum Gasteiger partial charge on any atom is 0.465 e. The van der Waals surface area contributed by atoms with Crippen LogP contribution in [-0.4, -0.2) is 73.9 Å². The Bertz CT molecular complexity index is 1460. The first kappa shape index (κ1) is 38.4. The monoisotopic (exact) mass is 758 g/mol. The number of rotatable bonds is 10. The lowest BCUT2D eigenvalue weighted by atomic mass is 9.59. The van der Waals surface area contributed by atoms with Gasteiger partial charge in [0.25, 0.3) is 0 Å². The first-order valence-electron chi connectivity index (χ1n) is 19.8. The lowest BCUT2D eigenvalue weighted by Gasteiger charge is -2.46. The molecule has 294 valence electrons. The Morgan fingerprint density at radius 3 is 2.06 bits per heavy atom. The maximum atomic E-state index is 14.4. The molecule has 0 aromatic rings. The summed E-state index contributed by atoms with van der Waals surface area (Å²) in [4.78, 5) is 40.1. The summed E-state index contributed by atoms with van der Waals surface area (Å²) in [5.74, 6) is -1.95. The van der Waals surface area contributed by atoms with Crippen LogP contribution in [0.5, 0.6) is 0 Å². The number of alkyl halides is 2. The lowest BCUT2D eigenvalue weighted by Crippen LogP contribution is -2.50. The van der Waals surface area contributed by atoms with Crippen LogP contribution < -0.4 is 0 Å². The summed E-state index contributed by atoms with van der Waals surface area (Å²) in [7, 11) is -6.06. The van der Waals surface area contributed by atoms with Crippen LogP contribution in [0.3, 0.4) is 0 Å². The number of hydrogen-bond acceptors (Lipinski definition) is 10. The topological polar surface area (TPSA) is 152 Å². The maximum absolute atomic E-state index is 14.4. The van der Waals surface area contributed by atoms with Crippen LogP contribution in [0.4, 0.5) is 8.78 Å². The van der Waals surface area contributed by atoms with E-state index in [1.54, 1.807) is 0 Å². The van der Waals surface area contributed by atoms with Crippen molar-refractivity contribution in [3.63, 3.8) is 0 Å². The predicted octanol–water partition coefficient (Wildman–Crippen LogP) is 6.61. The van der Waals surface area contributed by atoms with Gasteiger partial charge in [-0.3, -0.25) is 14.1 Å². The van der Waals surface area contributed by atoms with Gasteiger partial charge in [-0.1, -0.05) is 51.9 Å². The molecule has 0 aromatic heterocycles. The van der Waals surface area contributed by atoms with Crippen LogP contribution in [0.2, 0.25) is 0 Å². The Hall–Kier alpha value is -1.90. The van der Waals surface area contributed by atoms with Crippen LogP contribution in [0.25, 0.3) is 0 Å². The number of carbonyl (C=O) groups is 3. The highest BCUT2D eigenvalue weighted by atomic mass is 32.2. The second kappa shape index (κ2) is 14.6. The normalized spacial score (nSPS) is 43.3. The second-order valence-corrected chi connectivity index (χ2v) is 19.6. The third-order valence-electron chi connectivity index (χ3n) is 14.0. The molecule has 1 N–H and O–H groups in total. The average molecular weight is 759 g/mol.